The smallest absolute Gasteiger partial charge is 0.338 e. The van der Waals surface area contributed by atoms with Gasteiger partial charge < -0.3 is 19.8 Å². The molecule has 4 rings (SSSR count). The maximum absolute atomic E-state index is 13.1. The van der Waals surface area contributed by atoms with E-state index in [4.69, 9.17) is 9.47 Å². The lowest BCUT2D eigenvalue weighted by atomic mass is 10.2. The van der Waals surface area contributed by atoms with Gasteiger partial charge in [-0.3, -0.25) is 4.79 Å². The Kier molecular flexibility index (Phi) is 6.59. The number of H-pyrrole nitrogens is 1. The molecule has 0 radical (unpaired) electrons. The van der Waals surface area contributed by atoms with Gasteiger partial charge in [0.2, 0.25) is 10.0 Å². The minimum absolute atomic E-state index is 0.00748. The highest BCUT2D eigenvalue weighted by Crippen LogP contribution is 2.22. The highest BCUT2D eigenvalue weighted by molar-refractivity contribution is 7.89. The summed E-state index contributed by atoms with van der Waals surface area (Å²) in [5.41, 5.74) is 0.809. The van der Waals surface area contributed by atoms with Crippen molar-refractivity contribution in [2.24, 2.45) is 0 Å². The normalized spacial score (nSPS) is 20.1. The number of carbonyl (C=O) groups excluding carboxylic acids is 2. The Morgan fingerprint density at radius 2 is 1.94 bits per heavy atom. The average Bonchev–Trinajstić information content (AvgIpc) is 3.28. The number of esters is 1. The van der Waals surface area contributed by atoms with Crippen molar-refractivity contribution in [3.63, 3.8) is 0 Å². The lowest BCUT2D eigenvalue weighted by Crippen LogP contribution is -2.48. The van der Waals surface area contributed by atoms with Gasteiger partial charge in [0, 0.05) is 13.1 Å². The Balaban J connectivity index is 1.45. The van der Waals surface area contributed by atoms with E-state index in [0.717, 1.165) is 0 Å². The minimum atomic E-state index is -3.84. The number of morpholine rings is 1. The standard InChI is InChI=1S/C21H24N6O6S/c1-12-8-27(9-13(2)32-12)34(30,31)16-6-4-5-15(7-16)21(29)33-14(3)20(28)26-19-17-18(23-10-22-17)24-11-25-19/h4-7,10-14H,8-9H2,1-3H3,(H2,22,23,24,25,26,28). The summed E-state index contributed by atoms with van der Waals surface area (Å²) in [6.07, 6.45) is 0.990. The van der Waals surface area contributed by atoms with E-state index in [2.05, 4.69) is 25.3 Å². The molecule has 1 saturated heterocycles. The number of hydrogen-bond donors (Lipinski definition) is 2. The summed E-state index contributed by atoms with van der Waals surface area (Å²) in [5, 5.41) is 2.56. The first-order valence-corrected chi connectivity index (χ1v) is 12.0. The Labute approximate surface area is 195 Å². The van der Waals surface area contributed by atoms with Crippen molar-refractivity contribution in [2.45, 2.75) is 44.0 Å². The van der Waals surface area contributed by atoms with Gasteiger partial charge in [-0.25, -0.2) is 28.2 Å². The molecule has 1 amide bonds. The summed E-state index contributed by atoms with van der Waals surface area (Å²) in [4.78, 5) is 39.9. The number of anilines is 1. The molecule has 0 aliphatic carbocycles. The monoisotopic (exact) mass is 488 g/mol. The second kappa shape index (κ2) is 9.44. The third-order valence-corrected chi connectivity index (χ3v) is 7.04. The quantitative estimate of drug-likeness (QED) is 0.489. The van der Waals surface area contributed by atoms with Gasteiger partial charge in [-0.15, -0.1) is 0 Å². The lowest BCUT2D eigenvalue weighted by molar-refractivity contribution is -0.123. The molecule has 1 aromatic carbocycles. The van der Waals surface area contributed by atoms with Crippen LogP contribution >= 0.6 is 0 Å². The van der Waals surface area contributed by atoms with Gasteiger partial charge in [-0.05, 0) is 39.0 Å². The molecule has 1 aliphatic heterocycles. The van der Waals surface area contributed by atoms with Crippen molar-refractivity contribution in [1.29, 1.82) is 0 Å². The van der Waals surface area contributed by atoms with E-state index < -0.39 is 28.0 Å². The molecule has 2 N–H and O–H groups in total. The number of benzene rings is 1. The largest absolute Gasteiger partial charge is 0.449 e. The number of imidazole rings is 1. The van der Waals surface area contributed by atoms with Gasteiger partial charge in [0.1, 0.15) is 11.8 Å². The molecular weight excluding hydrogens is 464 g/mol. The molecule has 3 atom stereocenters. The zero-order valence-electron chi connectivity index (χ0n) is 18.8. The van der Waals surface area contributed by atoms with Crippen LogP contribution < -0.4 is 5.32 Å². The maximum Gasteiger partial charge on any atom is 0.338 e. The molecule has 12 nitrogen and oxygen atoms in total. The summed E-state index contributed by atoms with van der Waals surface area (Å²) in [5.74, 6) is -1.27. The minimum Gasteiger partial charge on any atom is -0.449 e. The van der Waals surface area contributed by atoms with Crippen molar-refractivity contribution in [2.75, 3.05) is 18.4 Å². The Morgan fingerprint density at radius 3 is 2.68 bits per heavy atom. The molecule has 2 aromatic heterocycles. The predicted molar refractivity (Wildman–Crippen MR) is 120 cm³/mol. The van der Waals surface area contributed by atoms with E-state index in [-0.39, 0.29) is 41.6 Å². The topological polar surface area (TPSA) is 156 Å². The van der Waals surface area contributed by atoms with Gasteiger partial charge in [0.25, 0.3) is 5.91 Å². The first-order chi connectivity index (χ1) is 16.1. The van der Waals surface area contributed by atoms with E-state index in [1.807, 2.05) is 0 Å². The number of carbonyl (C=O) groups is 2. The van der Waals surface area contributed by atoms with E-state index >= 15 is 0 Å². The van der Waals surface area contributed by atoms with Crippen LogP contribution in [0.1, 0.15) is 31.1 Å². The lowest BCUT2D eigenvalue weighted by Gasteiger charge is -2.34. The fourth-order valence-electron chi connectivity index (χ4n) is 3.62. The second-order valence-electron chi connectivity index (χ2n) is 7.97. The Morgan fingerprint density at radius 1 is 1.21 bits per heavy atom. The van der Waals surface area contributed by atoms with E-state index in [0.29, 0.717) is 11.2 Å². The molecular formula is C21H24N6O6S. The van der Waals surface area contributed by atoms with Crippen LogP contribution in [0.4, 0.5) is 5.82 Å². The van der Waals surface area contributed by atoms with Crippen LogP contribution in [0.3, 0.4) is 0 Å². The van der Waals surface area contributed by atoms with Gasteiger partial charge in [0.15, 0.2) is 17.6 Å². The number of rotatable bonds is 6. The van der Waals surface area contributed by atoms with Gasteiger partial charge in [0.05, 0.1) is 29.0 Å². The zero-order chi connectivity index (χ0) is 24.5. The number of hydrogen-bond acceptors (Lipinski definition) is 9. The fourth-order valence-corrected chi connectivity index (χ4v) is 5.26. The van der Waals surface area contributed by atoms with Crippen LogP contribution in [-0.4, -0.2) is 75.9 Å². The number of nitrogens with one attached hydrogen (secondary N) is 2. The van der Waals surface area contributed by atoms with Crippen molar-refractivity contribution < 1.29 is 27.5 Å². The zero-order valence-corrected chi connectivity index (χ0v) is 19.6. The van der Waals surface area contributed by atoms with Gasteiger partial charge >= 0.3 is 5.97 Å². The molecule has 0 bridgehead atoms. The van der Waals surface area contributed by atoms with Crippen molar-refractivity contribution in [3.05, 3.63) is 42.5 Å². The summed E-state index contributed by atoms with van der Waals surface area (Å²) in [6, 6.07) is 5.54. The van der Waals surface area contributed by atoms with Crippen molar-refractivity contribution >= 4 is 38.9 Å². The molecule has 3 heterocycles. The highest BCUT2D eigenvalue weighted by atomic mass is 32.2. The molecule has 180 valence electrons. The summed E-state index contributed by atoms with van der Waals surface area (Å²) in [6.45, 7) is 5.43. The first-order valence-electron chi connectivity index (χ1n) is 10.6. The Hall–Kier alpha value is -3.42. The van der Waals surface area contributed by atoms with Crippen molar-refractivity contribution in [3.8, 4) is 0 Å². The van der Waals surface area contributed by atoms with E-state index in [1.165, 1.54) is 48.1 Å². The number of ether oxygens (including phenoxy) is 2. The van der Waals surface area contributed by atoms with Crippen LogP contribution in [0.5, 0.6) is 0 Å². The van der Waals surface area contributed by atoms with E-state index in [1.54, 1.807) is 13.8 Å². The number of nitrogens with zero attached hydrogens (tertiary/aromatic N) is 4. The number of sulfonamides is 1. The Bertz CT molecular complexity index is 1320. The van der Waals surface area contributed by atoms with Gasteiger partial charge in [-0.1, -0.05) is 6.07 Å². The first kappa shape index (κ1) is 23.7. The van der Waals surface area contributed by atoms with Crippen LogP contribution in [0.15, 0.2) is 41.8 Å². The predicted octanol–water partition coefficient (Wildman–Crippen LogP) is 1.33. The van der Waals surface area contributed by atoms with Crippen LogP contribution in [0, 0.1) is 0 Å². The van der Waals surface area contributed by atoms with E-state index in [9.17, 15) is 18.0 Å². The molecule has 1 fully saturated rings. The summed E-state index contributed by atoms with van der Waals surface area (Å²) in [7, 11) is -3.84. The molecule has 0 saturated carbocycles. The molecule has 34 heavy (non-hydrogen) atoms. The molecule has 13 heteroatoms. The molecule has 3 unspecified atom stereocenters. The van der Waals surface area contributed by atoms with Crippen molar-refractivity contribution in [1.82, 2.24) is 24.2 Å². The summed E-state index contributed by atoms with van der Waals surface area (Å²) >= 11 is 0. The van der Waals surface area contributed by atoms with Gasteiger partial charge in [-0.2, -0.15) is 4.31 Å². The average molecular weight is 489 g/mol. The third-order valence-electron chi connectivity index (χ3n) is 5.21. The third kappa shape index (κ3) is 4.90. The second-order valence-corrected chi connectivity index (χ2v) is 9.91. The summed E-state index contributed by atoms with van der Waals surface area (Å²) < 4.78 is 38.4. The van der Waals surface area contributed by atoms with Crippen LogP contribution in [0.2, 0.25) is 0 Å². The van der Waals surface area contributed by atoms with Crippen LogP contribution in [0.25, 0.3) is 11.2 Å². The number of aromatic nitrogens is 4. The number of aromatic amines is 1. The molecule has 0 spiro atoms. The maximum atomic E-state index is 13.1. The number of fused-ring (bicyclic) bond motifs is 1. The molecule has 3 aromatic rings. The number of amides is 1. The SMILES string of the molecule is CC1CN(S(=O)(=O)c2cccc(C(=O)OC(C)C(=O)Nc3ncnc4nc[nH]c34)c2)CC(C)O1. The molecule has 1 aliphatic rings. The van der Waals surface area contributed by atoms with Crippen LogP contribution in [-0.2, 0) is 24.3 Å². The fraction of sp³-hybridized carbons (Fsp3) is 0.381. The highest BCUT2D eigenvalue weighted by Gasteiger charge is 2.32.